The van der Waals surface area contributed by atoms with Gasteiger partial charge in [0, 0.05) is 43.0 Å². The van der Waals surface area contributed by atoms with Gasteiger partial charge in [-0.1, -0.05) is 12.1 Å². The van der Waals surface area contributed by atoms with Gasteiger partial charge in [-0.15, -0.1) is 0 Å². The van der Waals surface area contributed by atoms with Gasteiger partial charge in [0.25, 0.3) is 5.91 Å². The number of aromatic amines is 1. The third-order valence-corrected chi connectivity index (χ3v) is 5.23. The van der Waals surface area contributed by atoms with E-state index in [0.717, 1.165) is 29.7 Å². The van der Waals surface area contributed by atoms with Gasteiger partial charge in [0.15, 0.2) is 0 Å². The molecule has 6 nitrogen and oxygen atoms in total. The highest BCUT2D eigenvalue weighted by atomic mass is 19.1. The first-order valence-corrected chi connectivity index (χ1v) is 9.27. The number of nitrogens with zero attached hydrogens (tertiary/aromatic N) is 4. The van der Waals surface area contributed by atoms with Crippen LogP contribution in [0.3, 0.4) is 0 Å². The van der Waals surface area contributed by atoms with Gasteiger partial charge in [-0.3, -0.25) is 14.6 Å². The van der Waals surface area contributed by atoms with Crippen molar-refractivity contribution in [2.45, 2.75) is 32.2 Å². The molecule has 1 aromatic carbocycles. The molecule has 2 aromatic heterocycles. The number of rotatable bonds is 4. The Morgan fingerprint density at radius 1 is 1.30 bits per heavy atom. The van der Waals surface area contributed by atoms with Crippen molar-refractivity contribution in [3.63, 3.8) is 0 Å². The average Bonchev–Trinajstić information content (AvgIpc) is 3.37. The van der Waals surface area contributed by atoms with Crippen LogP contribution in [0.25, 0.3) is 11.1 Å². The van der Waals surface area contributed by atoms with E-state index >= 15 is 0 Å². The number of nitrogens with one attached hydrogen (secondary N) is 1. The number of carbonyl (C=O) groups is 1. The summed E-state index contributed by atoms with van der Waals surface area (Å²) in [6.07, 6.45) is 5.10. The van der Waals surface area contributed by atoms with Crippen LogP contribution in [0.2, 0.25) is 0 Å². The van der Waals surface area contributed by atoms with Crippen LogP contribution >= 0.6 is 0 Å². The van der Waals surface area contributed by atoms with E-state index in [9.17, 15) is 9.18 Å². The molecule has 0 saturated carbocycles. The van der Waals surface area contributed by atoms with Gasteiger partial charge in [0.2, 0.25) is 0 Å². The standard InChI is InChI=1S/C20H22FN5O/c1-2-26-18(6-9-23-26)20(27)25-10-7-14(8-11-25)19-17(13-22-24-19)15-4-3-5-16(21)12-15/h3-6,9,12-14H,2,7-8,10-11H2,1H3,(H,22,24). The van der Waals surface area contributed by atoms with E-state index in [0.29, 0.717) is 25.3 Å². The van der Waals surface area contributed by atoms with E-state index < -0.39 is 0 Å². The fourth-order valence-electron chi connectivity index (χ4n) is 3.79. The molecule has 0 aliphatic carbocycles. The summed E-state index contributed by atoms with van der Waals surface area (Å²) < 4.78 is 15.3. The topological polar surface area (TPSA) is 66.8 Å². The molecule has 1 saturated heterocycles. The van der Waals surface area contributed by atoms with E-state index in [1.807, 2.05) is 17.9 Å². The van der Waals surface area contributed by atoms with Crippen LogP contribution in [0.4, 0.5) is 4.39 Å². The number of aryl methyl sites for hydroxylation is 1. The van der Waals surface area contributed by atoms with Crippen molar-refractivity contribution in [3.05, 3.63) is 59.9 Å². The third kappa shape index (κ3) is 3.37. The first kappa shape index (κ1) is 17.5. The summed E-state index contributed by atoms with van der Waals surface area (Å²) in [6.45, 7) is 4.01. The van der Waals surface area contributed by atoms with Crippen LogP contribution in [-0.4, -0.2) is 43.9 Å². The van der Waals surface area contributed by atoms with E-state index in [2.05, 4.69) is 15.3 Å². The van der Waals surface area contributed by atoms with Crippen molar-refractivity contribution >= 4 is 5.91 Å². The Bertz CT molecular complexity index is 939. The second-order valence-corrected chi connectivity index (χ2v) is 6.81. The van der Waals surface area contributed by atoms with Crippen molar-refractivity contribution in [2.75, 3.05) is 13.1 Å². The molecule has 27 heavy (non-hydrogen) atoms. The van der Waals surface area contributed by atoms with Crippen molar-refractivity contribution in [3.8, 4) is 11.1 Å². The molecule has 4 rings (SSSR count). The van der Waals surface area contributed by atoms with Crippen molar-refractivity contribution in [1.29, 1.82) is 0 Å². The second-order valence-electron chi connectivity index (χ2n) is 6.81. The van der Waals surface area contributed by atoms with Gasteiger partial charge in [0.1, 0.15) is 11.5 Å². The lowest BCUT2D eigenvalue weighted by Crippen LogP contribution is -2.39. The predicted octanol–water partition coefficient (Wildman–Crippen LogP) is 3.45. The number of carbonyl (C=O) groups excluding carboxylic acids is 1. The number of aromatic nitrogens is 4. The molecule has 1 aliphatic heterocycles. The molecule has 1 fully saturated rings. The summed E-state index contributed by atoms with van der Waals surface area (Å²) in [4.78, 5) is 14.6. The zero-order valence-corrected chi connectivity index (χ0v) is 15.2. The molecule has 3 heterocycles. The Labute approximate surface area is 157 Å². The molecule has 0 unspecified atom stereocenters. The monoisotopic (exact) mass is 367 g/mol. The van der Waals surface area contributed by atoms with Gasteiger partial charge in [0.05, 0.1) is 6.20 Å². The molecular weight excluding hydrogens is 345 g/mol. The third-order valence-electron chi connectivity index (χ3n) is 5.23. The van der Waals surface area contributed by atoms with Crippen LogP contribution in [0.15, 0.2) is 42.7 Å². The van der Waals surface area contributed by atoms with Crippen LogP contribution in [-0.2, 0) is 6.54 Å². The fraction of sp³-hybridized carbons (Fsp3) is 0.350. The summed E-state index contributed by atoms with van der Waals surface area (Å²) in [5.74, 6) is 0.0428. The highest BCUT2D eigenvalue weighted by Gasteiger charge is 2.28. The lowest BCUT2D eigenvalue weighted by atomic mass is 9.89. The number of benzene rings is 1. The lowest BCUT2D eigenvalue weighted by Gasteiger charge is -2.32. The maximum atomic E-state index is 13.6. The molecule has 3 aromatic rings. The summed E-state index contributed by atoms with van der Waals surface area (Å²) in [5.41, 5.74) is 3.41. The summed E-state index contributed by atoms with van der Waals surface area (Å²) in [6, 6.07) is 8.34. The minimum Gasteiger partial charge on any atom is -0.337 e. The molecule has 0 bridgehead atoms. The van der Waals surface area contributed by atoms with Gasteiger partial charge in [-0.2, -0.15) is 10.2 Å². The molecule has 0 spiro atoms. The maximum Gasteiger partial charge on any atom is 0.272 e. The number of amides is 1. The summed E-state index contributed by atoms with van der Waals surface area (Å²) in [7, 11) is 0. The Balaban J connectivity index is 1.48. The van der Waals surface area contributed by atoms with Gasteiger partial charge in [-0.25, -0.2) is 4.39 Å². The molecule has 140 valence electrons. The second kappa shape index (κ2) is 7.34. The zero-order chi connectivity index (χ0) is 18.8. The smallest absolute Gasteiger partial charge is 0.272 e. The zero-order valence-electron chi connectivity index (χ0n) is 15.2. The van der Waals surface area contributed by atoms with E-state index in [4.69, 9.17) is 0 Å². The average molecular weight is 367 g/mol. The van der Waals surface area contributed by atoms with Crippen molar-refractivity contribution in [1.82, 2.24) is 24.9 Å². The number of hydrogen-bond donors (Lipinski definition) is 1. The van der Waals surface area contributed by atoms with Gasteiger partial charge in [-0.05, 0) is 43.5 Å². The van der Waals surface area contributed by atoms with Crippen LogP contribution in [0, 0.1) is 5.82 Å². The predicted molar refractivity (Wildman–Crippen MR) is 99.8 cm³/mol. The minimum absolute atomic E-state index is 0.0303. The van der Waals surface area contributed by atoms with Crippen LogP contribution in [0.1, 0.15) is 41.9 Å². The van der Waals surface area contributed by atoms with Crippen molar-refractivity contribution in [2.24, 2.45) is 0 Å². The van der Waals surface area contributed by atoms with E-state index in [1.54, 1.807) is 29.2 Å². The summed E-state index contributed by atoms with van der Waals surface area (Å²) >= 11 is 0. The molecule has 1 aliphatic rings. The number of hydrogen-bond acceptors (Lipinski definition) is 3. The molecule has 7 heteroatoms. The number of H-pyrrole nitrogens is 1. The Morgan fingerprint density at radius 3 is 2.85 bits per heavy atom. The van der Waals surface area contributed by atoms with E-state index in [-0.39, 0.29) is 17.6 Å². The number of likely N-dealkylation sites (tertiary alicyclic amines) is 1. The molecular formula is C20H22FN5O. The Kier molecular flexibility index (Phi) is 4.75. The number of halogens is 1. The van der Waals surface area contributed by atoms with Crippen molar-refractivity contribution < 1.29 is 9.18 Å². The van der Waals surface area contributed by atoms with Gasteiger partial charge >= 0.3 is 0 Å². The Morgan fingerprint density at radius 2 is 2.11 bits per heavy atom. The lowest BCUT2D eigenvalue weighted by molar-refractivity contribution is 0.0699. The first-order valence-electron chi connectivity index (χ1n) is 9.27. The summed E-state index contributed by atoms with van der Waals surface area (Å²) in [5, 5.41) is 11.5. The molecule has 1 amide bonds. The highest BCUT2D eigenvalue weighted by Crippen LogP contribution is 2.34. The molecule has 0 radical (unpaired) electrons. The van der Waals surface area contributed by atoms with E-state index in [1.165, 1.54) is 12.1 Å². The van der Waals surface area contributed by atoms with Crippen LogP contribution in [0.5, 0.6) is 0 Å². The SMILES string of the molecule is CCn1nccc1C(=O)N1CCC(c2[nH]ncc2-c2cccc(F)c2)CC1. The highest BCUT2D eigenvalue weighted by molar-refractivity contribution is 5.92. The molecule has 0 atom stereocenters. The largest absolute Gasteiger partial charge is 0.337 e. The van der Waals surface area contributed by atoms with Gasteiger partial charge < -0.3 is 4.90 Å². The quantitative estimate of drug-likeness (QED) is 0.768. The maximum absolute atomic E-state index is 13.6. The van der Waals surface area contributed by atoms with Crippen LogP contribution < -0.4 is 0 Å². The number of piperidine rings is 1. The first-order chi connectivity index (χ1) is 13.2. The Hall–Kier alpha value is -2.96. The fourth-order valence-corrected chi connectivity index (χ4v) is 3.79. The normalized spacial score (nSPS) is 15.3. The molecule has 1 N–H and O–H groups in total. The minimum atomic E-state index is -0.257.